The van der Waals surface area contributed by atoms with Crippen molar-refractivity contribution in [1.82, 2.24) is 10.6 Å². The first kappa shape index (κ1) is 24.9. The van der Waals surface area contributed by atoms with Gasteiger partial charge in [-0.25, -0.2) is 13.6 Å². The third kappa shape index (κ3) is 7.42. The van der Waals surface area contributed by atoms with Gasteiger partial charge in [-0.3, -0.25) is 9.59 Å². The highest BCUT2D eigenvalue weighted by Gasteiger charge is 2.28. The van der Waals surface area contributed by atoms with Gasteiger partial charge in [-0.15, -0.1) is 0 Å². The first-order valence-corrected chi connectivity index (χ1v) is 10.1. The normalized spacial score (nSPS) is 13.8. The van der Waals surface area contributed by atoms with E-state index in [4.69, 9.17) is 0 Å². The number of hydrogen-bond acceptors (Lipinski definition) is 4. The van der Waals surface area contributed by atoms with Crippen LogP contribution >= 0.6 is 0 Å². The maximum atomic E-state index is 13.6. The second-order valence-corrected chi connectivity index (χ2v) is 7.83. The average molecular weight is 448 g/mol. The number of rotatable bonds is 10. The van der Waals surface area contributed by atoms with E-state index in [-0.39, 0.29) is 12.0 Å². The fourth-order valence-corrected chi connectivity index (χ4v) is 3.19. The van der Waals surface area contributed by atoms with Crippen LogP contribution < -0.4 is 10.6 Å². The highest BCUT2D eigenvalue weighted by Crippen LogP contribution is 2.14. The third-order valence-electron chi connectivity index (χ3n) is 4.84. The number of amides is 2. The quantitative estimate of drug-likeness (QED) is 0.445. The van der Waals surface area contributed by atoms with Gasteiger partial charge in [0.25, 0.3) is 5.91 Å². The van der Waals surface area contributed by atoms with Crippen LogP contribution in [0.3, 0.4) is 0 Å². The lowest BCUT2D eigenvalue weighted by Crippen LogP contribution is -2.49. The van der Waals surface area contributed by atoms with E-state index in [0.717, 1.165) is 12.1 Å². The van der Waals surface area contributed by atoms with E-state index in [9.17, 15) is 33.4 Å². The van der Waals surface area contributed by atoms with Crippen LogP contribution in [-0.4, -0.2) is 46.2 Å². The van der Waals surface area contributed by atoms with Gasteiger partial charge < -0.3 is 20.8 Å². The topological polar surface area (TPSA) is 116 Å². The molecule has 3 atom stereocenters. The third-order valence-corrected chi connectivity index (χ3v) is 4.84. The van der Waals surface area contributed by atoms with Crippen LogP contribution in [0.5, 0.6) is 0 Å². The molecular formula is C23H26F2N2O5. The molecule has 0 saturated carbocycles. The summed E-state index contributed by atoms with van der Waals surface area (Å²) in [6.45, 7) is 3.24. The van der Waals surface area contributed by atoms with Crippen LogP contribution in [0.2, 0.25) is 0 Å². The molecule has 9 heteroatoms. The van der Waals surface area contributed by atoms with E-state index in [2.05, 4.69) is 10.6 Å². The smallest absolute Gasteiger partial charge is 0.326 e. The highest BCUT2D eigenvalue weighted by molar-refractivity contribution is 5.94. The predicted octanol–water partition coefficient (Wildman–Crippen LogP) is 2.28. The molecule has 2 amide bonds. The Balaban J connectivity index is 2.19. The number of aliphatic carboxylic acids is 1. The minimum absolute atomic E-state index is 0.158. The molecule has 0 saturated heterocycles. The molecule has 2 aromatic carbocycles. The number of carbonyl (C=O) groups excluding carboxylic acids is 2. The van der Waals surface area contributed by atoms with Crippen molar-refractivity contribution in [3.63, 3.8) is 0 Å². The molecule has 32 heavy (non-hydrogen) atoms. The zero-order chi connectivity index (χ0) is 23.8. The molecular weight excluding hydrogens is 422 g/mol. The summed E-state index contributed by atoms with van der Waals surface area (Å²) in [6, 6.07) is 8.72. The van der Waals surface area contributed by atoms with Gasteiger partial charge in [-0.05, 0) is 42.2 Å². The summed E-state index contributed by atoms with van der Waals surface area (Å²) in [5.74, 6) is -4.52. The first-order valence-electron chi connectivity index (χ1n) is 10.1. The summed E-state index contributed by atoms with van der Waals surface area (Å²) in [4.78, 5) is 36.2. The van der Waals surface area contributed by atoms with Gasteiger partial charge in [-0.2, -0.15) is 0 Å². The summed E-state index contributed by atoms with van der Waals surface area (Å²) in [7, 11) is 0. The lowest BCUT2D eigenvalue weighted by atomic mass is 9.97. The van der Waals surface area contributed by atoms with Crippen molar-refractivity contribution in [1.29, 1.82) is 0 Å². The van der Waals surface area contributed by atoms with Gasteiger partial charge in [-0.1, -0.05) is 32.0 Å². The lowest BCUT2D eigenvalue weighted by molar-refractivity contribution is -0.143. The van der Waals surface area contributed by atoms with Gasteiger partial charge in [0, 0.05) is 11.6 Å². The molecule has 2 aromatic rings. The summed E-state index contributed by atoms with van der Waals surface area (Å²) in [5.41, 5.74) is 0.469. The summed E-state index contributed by atoms with van der Waals surface area (Å²) in [6.07, 6.45) is -2.13. The predicted molar refractivity (Wildman–Crippen MR) is 113 cm³/mol. The summed E-state index contributed by atoms with van der Waals surface area (Å²) in [5, 5.41) is 24.8. The maximum Gasteiger partial charge on any atom is 0.326 e. The number of halogens is 2. The van der Waals surface area contributed by atoms with Crippen molar-refractivity contribution >= 4 is 17.8 Å². The van der Waals surface area contributed by atoms with Crippen molar-refractivity contribution in [2.75, 3.05) is 0 Å². The Kier molecular flexibility index (Phi) is 8.83. The number of aliphatic hydroxyl groups excluding tert-OH is 1. The van der Waals surface area contributed by atoms with E-state index in [1.165, 1.54) is 0 Å². The molecule has 0 heterocycles. The van der Waals surface area contributed by atoms with Crippen LogP contribution in [0.1, 0.15) is 36.2 Å². The van der Waals surface area contributed by atoms with Crippen LogP contribution in [-0.2, 0) is 16.0 Å². The Morgan fingerprint density at radius 2 is 1.56 bits per heavy atom. The van der Waals surface area contributed by atoms with E-state index in [1.807, 2.05) is 0 Å². The van der Waals surface area contributed by atoms with Crippen molar-refractivity contribution in [2.24, 2.45) is 5.92 Å². The second-order valence-electron chi connectivity index (χ2n) is 7.83. The minimum atomic E-state index is -1.45. The largest absolute Gasteiger partial charge is 0.480 e. The molecule has 0 spiro atoms. The summed E-state index contributed by atoms with van der Waals surface area (Å²) < 4.78 is 27.2. The van der Waals surface area contributed by atoms with E-state index in [1.54, 1.807) is 44.2 Å². The lowest BCUT2D eigenvalue weighted by Gasteiger charge is -2.25. The van der Waals surface area contributed by atoms with Gasteiger partial charge in [0.2, 0.25) is 5.91 Å². The van der Waals surface area contributed by atoms with Crippen molar-refractivity contribution in [3.8, 4) is 0 Å². The average Bonchev–Trinajstić information content (AvgIpc) is 2.70. The number of benzene rings is 2. The zero-order valence-electron chi connectivity index (χ0n) is 17.7. The van der Waals surface area contributed by atoms with Crippen LogP contribution in [0.25, 0.3) is 0 Å². The molecule has 0 aliphatic heterocycles. The fraction of sp³-hybridized carbons (Fsp3) is 0.348. The standard InChI is InChI=1S/C23H26F2N2O5/c1-13(2)21(23(31)32)27-20(29)12-19(28)18(10-14-8-16(24)11-17(25)9-14)26-22(30)15-6-4-3-5-7-15/h3-9,11,13,18-19,21,28H,10,12H2,1-2H3,(H,26,30)(H,27,29)(H,31,32)/t18-,19-,21-/m0/s1. The zero-order valence-corrected chi connectivity index (χ0v) is 17.7. The highest BCUT2D eigenvalue weighted by atomic mass is 19.1. The van der Waals surface area contributed by atoms with E-state index in [0.29, 0.717) is 11.6 Å². The van der Waals surface area contributed by atoms with Gasteiger partial charge >= 0.3 is 5.97 Å². The molecule has 0 aliphatic carbocycles. The molecule has 7 nitrogen and oxygen atoms in total. The number of aliphatic hydroxyl groups is 1. The molecule has 172 valence electrons. The SMILES string of the molecule is CC(C)[C@H](NC(=O)C[C@H](O)[C@H](Cc1cc(F)cc(F)c1)NC(=O)c1ccccc1)C(=O)O. The van der Waals surface area contributed by atoms with Crippen molar-refractivity contribution < 1.29 is 33.4 Å². The fourth-order valence-electron chi connectivity index (χ4n) is 3.19. The molecule has 2 rings (SSSR count). The molecule has 0 unspecified atom stereocenters. The van der Waals surface area contributed by atoms with E-state index >= 15 is 0 Å². The molecule has 0 aromatic heterocycles. The monoisotopic (exact) mass is 448 g/mol. The Morgan fingerprint density at radius 3 is 2.09 bits per heavy atom. The van der Waals surface area contributed by atoms with Crippen LogP contribution in [0, 0.1) is 17.6 Å². The number of nitrogens with one attached hydrogen (secondary N) is 2. The van der Waals surface area contributed by atoms with Gasteiger partial charge in [0.1, 0.15) is 17.7 Å². The van der Waals surface area contributed by atoms with Gasteiger partial charge in [0.15, 0.2) is 0 Å². The Labute approximate surface area is 184 Å². The van der Waals surface area contributed by atoms with Crippen LogP contribution in [0.4, 0.5) is 8.78 Å². The second kappa shape index (κ2) is 11.3. The molecule has 0 aliphatic rings. The first-order chi connectivity index (χ1) is 15.1. The van der Waals surface area contributed by atoms with Crippen LogP contribution in [0.15, 0.2) is 48.5 Å². The minimum Gasteiger partial charge on any atom is -0.480 e. The molecule has 0 bridgehead atoms. The Hall–Kier alpha value is -3.33. The maximum absolute atomic E-state index is 13.6. The molecule has 0 fully saturated rings. The van der Waals surface area contributed by atoms with Crippen molar-refractivity contribution in [2.45, 2.75) is 44.9 Å². The number of carboxylic acid groups (broad SMARTS) is 1. The van der Waals surface area contributed by atoms with Gasteiger partial charge in [0.05, 0.1) is 18.6 Å². The summed E-state index contributed by atoms with van der Waals surface area (Å²) >= 11 is 0. The number of carboxylic acids is 1. The number of hydrogen-bond donors (Lipinski definition) is 4. The van der Waals surface area contributed by atoms with E-state index < -0.39 is 59.9 Å². The van der Waals surface area contributed by atoms with Crippen molar-refractivity contribution in [3.05, 3.63) is 71.3 Å². The number of carbonyl (C=O) groups is 3. The molecule has 4 N–H and O–H groups in total. The Morgan fingerprint density at radius 1 is 0.969 bits per heavy atom. The Bertz CT molecular complexity index is 932. The molecule has 0 radical (unpaired) electrons.